The molecule has 8 nitrogen and oxygen atoms in total. The van der Waals surface area contributed by atoms with Gasteiger partial charge in [-0.1, -0.05) is 18.2 Å². The van der Waals surface area contributed by atoms with Crippen molar-refractivity contribution >= 4 is 40.0 Å². The molecular formula is C23H28N4O4S2. The van der Waals surface area contributed by atoms with Crippen molar-refractivity contribution in [3.63, 3.8) is 0 Å². The van der Waals surface area contributed by atoms with Gasteiger partial charge < -0.3 is 19.0 Å². The largest absolute Gasteiger partial charge is 0.469 e. The summed E-state index contributed by atoms with van der Waals surface area (Å²) in [5.74, 6) is 1.11. The van der Waals surface area contributed by atoms with Gasteiger partial charge in [-0.05, 0) is 58.1 Å². The molecule has 33 heavy (non-hydrogen) atoms. The van der Waals surface area contributed by atoms with Crippen LogP contribution < -0.4 is 5.32 Å². The minimum atomic E-state index is -0.356. The molecule has 0 bridgehead atoms. The second kappa shape index (κ2) is 10.6. The van der Waals surface area contributed by atoms with Crippen LogP contribution in [0.2, 0.25) is 0 Å². The lowest BCUT2D eigenvalue weighted by atomic mass is 10.1. The van der Waals surface area contributed by atoms with Crippen molar-refractivity contribution in [3.8, 4) is 11.4 Å². The predicted octanol–water partition coefficient (Wildman–Crippen LogP) is 5.10. The van der Waals surface area contributed by atoms with E-state index in [2.05, 4.69) is 15.5 Å². The summed E-state index contributed by atoms with van der Waals surface area (Å²) in [5, 5.41) is 12.8. The molecule has 3 aromatic heterocycles. The molecule has 0 atom stereocenters. The molecular weight excluding hydrogens is 460 g/mol. The van der Waals surface area contributed by atoms with E-state index in [1.165, 1.54) is 28.0 Å². The Morgan fingerprint density at radius 2 is 2.06 bits per heavy atom. The summed E-state index contributed by atoms with van der Waals surface area (Å²) in [6.07, 6.45) is 6.71. The summed E-state index contributed by atoms with van der Waals surface area (Å²) in [6, 6.07) is 1.87. The van der Waals surface area contributed by atoms with E-state index in [0.717, 1.165) is 54.8 Å². The van der Waals surface area contributed by atoms with Gasteiger partial charge in [0.05, 0.1) is 29.7 Å². The van der Waals surface area contributed by atoms with Gasteiger partial charge in [-0.2, -0.15) is 0 Å². The van der Waals surface area contributed by atoms with Gasteiger partial charge in [0.1, 0.15) is 10.8 Å². The van der Waals surface area contributed by atoms with Gasteiger partial charge in [0.2, 0.25) is 5.91 Å². The summed E-state index contributed by atoms with van der Waals surface area (Å²) in [5.41, 5.74) is 2.47. The van der Waals surface area contributed by atoms with E-state index in [1.54, 1.807) is 13.2 Å². The van der Waals surface area contributed by atoms with Crippen LogP contribution in [0.3, 0.4) is 0 Å². The highest BCUT2D eigenvalue weighted by Gasteiger charge is 2.27. The van der Waals surface area contributed by atoms with E-state index in [-0.39, 0.29) is 17.6 Å². The fraction of sp³-hybridized carbons (Fsp3) is 0.478. The number of carbonyl (C=O) groups is 2. The Kier molecular flexibility index (Phi) is 7.54. The number of hydrogen-bond donors (Lipinski definition) is 1. The molecule has 0 fully saturated rings. The fourth-order valence-electron chi connectivity index (χ4n) is 4.04. The van der Waals surface area contributed by atoms with E-state index in [4.69, 9.17) is 9.15 Å². The normalized spacial score (nSPS) is 13.4. The third-order valence-corrected chi connectivity index (χ3v) is 7.79. The van der Waals surface area contributed by atoms with Gasteiger partial charge in [-0.3, -0.25) is 4.79 Å². The number of thioether (sulfide) groups is 1. The van der Waals surface area contributed by atoms with E-state index < -0.39 is 0 Å². The number of nitrogens with one attached hydrogen (secondary N) is 1. The first-order valence-corrected chi connectivity index (χ1v) is 13.1. The van der Waals surface area contributed by atoms with Crippen LogP contribution in [-0.2, 0) is 28.9 Å². The number of ether oxygens (including phenoxy) is 1. The third-order valence-electron chi connectivity index (χ3n) is 5.62. The number of nitrogens with zero attached hydrogens (tertiary/aromatic N) is 3. The molecule has 4 rings (SSSR count). The number of hydrogen-bond acceptors (Lipinski definition) is 8. The molecule has 0 saturated carbocycles. The number of esters is 1. The number of carbonyl (C=O) groups excluding carboxylic acids is 2. The Morgan fingerprint density at radius 1 is 1.24 bits per heavy atom. The molecule has 1 N–H and O–H groups in total. The molecule has 3 heterocycles. The predicted molar refractivity (Wildman–Crippen MR) is 129 cm³/mol. The number of rotatable bonds is 8. The average Bonchev–Trinajstić information content (AvgIpc) is 3.44. The van der Waals surface area contributed by atoms with Crippen LogP contribution in [0.1, 0.15) is 59.7 Å². The van der Waals surface area contributed by atoms with Crippen LogP contribution >= 0.6 is 23.1 Å². The zero-order valence-corrected chi connectivity index (χ0v) is 20.7. The Hall–Kier alpha value is -2.59. The Bertz CT molecular complexity index is 1150. The van der Waals surface area contributed by atoms with Crippen LogP contribution in [0.15, 0.2) is 21.9 Å². The first-order chi connectivity index (χ1) is 16.0. The Balaban J connectivity index is 1.49. The van der Waals surface area contributed by atoms with Gasteiger partial charge in [-0.25, -0.2) is 4.79 Å². The number of thiophene rings is 1. The lowest BCUT2D eigenvalue weighted by Gasteiger charge is -2.09. The van der Waals surface area contributed by atoms with Crippen molar-refractivity contribution in [1.29, 1.82) is 0 Å². The summed E-state index contributed by atoms with van der Waals surface area (Å²) in [7, 11) is 0. The lowest BCUT2D eigenvalue weighted by molar-refractivity contribution is -0.113. The molecule has 3 aromatic rings. The van der Waals surface area contributed by atoms with Crippen LogP contribution in [0, 0.1) is 6.92 Å². The van der Waals surface area contributed by atoms with Gasteiger partial charge in [0, 0.05) is 11.4 Å². The van der Waals surface area contributed by atoms with Crippen molar-refractivity contribution in [3.05, 3.63) is 34.1 Å². The van der Waals surface area contributed by atoms with E-state index in [1.807, 2.05) is 24.5 Å². The van der Waals surface area contributed by atoms with Crippen molar-refractivity contribution < 1.29 is 18.7 Å². The summed E-state index contributed by atoms with van der Waals surface area (Å²) >= 11 is 2.83. The van der Waals surface area contributed by atoms with Crippen LogP contribution in [0.4, 0.5) is 5.00 Å². The summed E-state index contributed by atoms with van der Waals surface area (Å²) in [4.78, 5) is 26.7. The van der Waals surface area contributed by atoms with Gasteiger partial charge in [0.25, 0.3) is 0 Å². The lowest BCUT2D eigenvalue weighted by Crippen LogP contribution is -2.17. The fourth-order valence-corrected chi connectivity index (χ4v) is 6.14. The molecule has 10 heteroatoms. The second-order valence-corrected chi connectivity index (χ2v) is 9.81. The van der Waals surface area contributed by atoms with Crippen molar-refractivity contribution in [2.24, 2.45) is 0 Å². The maximum absolute atomic E-state index is 12.8. The standard InChI is InChI=1S/C23H28N4O4S2/c1-4-27-20(15-11-12-31-14(15)3)25-26-23(27)32-13-18(28)24-21-19(22(29)30-5-2)16-9-7-6-8-10-17(16)33-21/h11-12H,4-10,13H2,1-3H3,(H,24,28). The van der Waals surface area contributed by atoms with Crippen molar-refractivity contribution in [2.45, 2.75) is 64.6 Å². The third kappa shape index (κ3) is 5.01. The highest BCUT2D eigenvalue weighted by Crippen LogP contribution is 2.38. The SMILES string of the molecule is CCOC(=O)c1c(NC(=O)CSc2nnc(-c3ccoc3C)n2CC)sc2c1CCCCC2. The maximum Gasteiger partial charge on any atom is 0.341 e. The Labute approximate surface area is 201 Å². The number of aryl methyl sites for hydroxylation is 2. The highest BCUT2D eigenvalue weighted by molar-refractivity contribution is 7.99. The second-order valence-electron chi connectivity index (χ2n) is 7.77. The van der Waals surface area contributed by atoms with E-state index in [0.29, 0.717) is 28.9 Å². The van der Waals surface area contributed by atoms with Crippen LogP contribution in [0.5, 0.6) is 0 Å². The molecule has 1 aliphatic carbocycles. The molecule has 1 aliphatic rings. The number of furan rings is 1. The number of amides is 1. The van der Waals surface area contributed by atoms with Crippen LogP contribution in [0.25, 0.3) is 11.4 Å². The van der Waals surface area contributed by atoms with Crippen molar-refractivity contribution in [2.75, 3.05) is 17.7 Å². The highest BCUT2D eigenvalue weighted by atomic mass is 32.2. The molecule has 0 saturated heterocycles. The zero-order valence-electron chi connectivity index (χ0n) is 19.1. The quantitative estimate of drug-likeness (QED) is 0.267. The number of anilines is 1. The maximum atomic E-state index is 12.8. The molecule has 0 aliphatic heterocycles. The molecule has 0 spiro atoms. The molecule has 1 amide bonds. The number of aromatic nitrogens is 3. The smallest absolute Gasteiger partial charge is 0.341 e. The minimum absolute atomic E-state index is 0.160. The topological polar surface area (TPSA) is 99.2 Å². The van der Waals surface area contributed by atoms with E-state index >= 15 is 0 Å². The van der Waals surface area contributed by atoms with Gasteiger partial charge in [-0.15, -0.1) is 21.5 Å². The monoisotopic (exact) mass is 488 g/mol. The first kappa shape index (κ1) is 23.6. The molecule has 0 aromatic carbocycles. The molecule has 0 radical (unpaired) electrons. The minimum Gasteiger partial charge on any atom is -0.469 e. The molecule has 176 valence electrons. The van der Waals surface area contributed by atoms with Crippen LogP contribution in [-0.4, -0.2) is 39.0 Å². The first-order valence-electron chi connectivity index (χ1n) is 11.2. The van der Waals surface area contributed by atoms with E-state index in [9.17, 15) is 9.59 Å². The average molecular weight is 489 g/mol. The zero-order chi connectivity index (χ0) is 23.4. The van der Waals surface area contributed by atoms with Crippen molar-refractivity contribution in [1.82, 2.24) is 14.8 Å². The van der Waals surface area contributed by atoms with Gasteiger partial charge in [0.15, 0.2) is 11.0 Å². The molecule has 0 unspecified atom stereocenters. The summed E-state index contributed by atoms with van der Waals surface area (Å²) < 4.78 is 12.7. The van der Waals surface area contributed by atoms with Gasteiger partial charge >= 0.3 is 5.97 Å². The summed E-state index contributed by atoms with van der Waals surface area (Å²) in [6.45, 7) is 6.66. The number of fused-ring (bicyclic) bond motifs is 1. The Morgan fingerprint density at radius 3 is 2.79 bits per heavy atom.